The molecule has 2 aromatic carbocycles. The van der Waals surface area contributed by atoms with Crippen molar-refractivity contribution in [1.29, 1.82) is 0 Å². The van der Waals surface area contributed by atoms with Crippen LogP contribution in [0, 0.1) is 19.7 Å². The Morgan fingerprint density at radius 3 is 2.33 bits per heavy atom. The molecule has 0 radical (unpaired) electrons. The molecule has 0 bridgehead atoms. The molecule has 0 saturated heterocycles. The molecule has 0 aromatic heterocycles. The summed E-state index contributed by atoms with van der Waals surface area (Å²) in [6.07, 6.45) is 2.84. The molecule has 0 aliphatic heterocycles. The van der Waals surface area contributed by atoms with Crippen molar-refractivity contribution in [3.05, 3.63) is 64.5 Å². The zero-order chi connectivity index (χ0) is 15.6. The van der Waals surface area contributed by atoms with Crippen LogP contribution in [0.1, 0.15) is 27.0 Å². The molecular weight excluding hydrogens is 271 g/mol. The largest absolute Gasteiger partial charge is 0.507 e. The van der Waals surface area contributed by atoms with Gasteiger partial charge in [-0.15, -0.1) is 0 Å². The molecule has 0 aliphatic rings. The molecule has 4 heteroatoms. The van der Waals surface area contributed by atoms with E-state index in [1.165, 1.54) is 31.2 Å². The summed E-state index contributed by atoms with van der Waals surface area (Å²) in [6, 6.07) is 7.14. The summed E-state index contributed by atoms with van der Waals surface area (Å²) >= 11 is 0. The minimum Gasteiger partial charge on any atom is -0.507 e. The number of rotatable bonds is 3. The third-order valence-electron chi connectivity index (χ3n) is 3.26. The van der Waals surface area contributed by atoms with Crippen molar-refractivity contribution in [2.45, 2.75) is 13.8 Å². The first-order valence-corrected chi connectivity index (χ1v) is 6.40. The third kappa shape index (κ3) is 3.11. The highest BCUT2D eigenvalue weighted by molar-refractivity contribution is 6.09. The first kappa shape index (κ1) is 14.8. The van der Waals surface area contributed by atoms with Crippen molar-refractivity contribution in [1.82, 2.24) is 0 Å². The fraction of sp³-hybridized carbons (Fsp3) is 0.118. The summed E-state index contributed by atoms with van der Waals surface area (Å²) in [6.45, 7) is 3.19. The number of carbonyl (C=O) groups is 1. The van der Waals surface area contributed by atoms with Crippen molar-refractivity contribution < 1.29 is 19.4 Å². The van der Waals surface area contributed by atoms with Crippen LogP contribution < -0.4 is 0 Å². The summed E-state index contributed by atoms with van der Waals surface area (Å²) in [5.41, 5.74) is 1.59. The number of carbonyl (C=O) groups excluding carboxylic acids is 1. The first-order chi connectivity index (χ1) is 9.90. The Morgan fingerprint density at radius 1 is 1.10 bits per heavy atom. The summed E-state index contributed by atoms with van der Waals surface area (Å²) in [5.74, 6) is -0.984. The van der Waals surface area contributed by atoms with Gasteiger partial charge in [0, 0.05) is 5.56 Å². The lowest BCUT2D eigenvalue weighted by Crippen LogP contribution is -1.98. The van der Waals surface area contributed by atoms with Gasteiger partial charge in [-0.1, -0.05) is 18.2 Å². The molecule has 21 heavy (non-hydrogen) atoms. The van der Waals surface area contributed by atoms with E-state index in [4.69, 9.17) is 0 Å². The van der Waals surface area contributed by atoms with Gasteiger partial charge in [0.15, 0.2) is 5.78 Å². The van der Waals surface area contributed by atoms with Gasteiger partial charge < -0.3 is 10.2 Å². The van der Waals surface area contributed by atoms with Crippen LogP contribution in [0.3, 0.4) is 0 Å². The Balaban J connectivity index is 2.31. The lowest BCUT2D eigenvalue weighted by molar-refractivity contribution is 0.104. The summed E-state index contributed by atoms with van der Waals surface area (Å²) < 4.78 is 12.8. The van der Waals surface area contributed by atoms with E-state index in [9.17, 15) is 19.4 Å². The maximum atomic E-state index is 12.8. The Hall–Kier alpha value is -2.62. The van der Waals surface area contributed by atoms with Crippen LogP contribution in [-0.4, -0.2) is 16.0 Å². The second-order valence-corrected chi connectivity index (χ2v) is 4.81. The van der Waals surface area contributed by atoms with Gasteiger partial charge >= 0.3 is 0 Å². The highest BCUT2D eigenvalue weighted by Gasteiger charge is 2.15. The lowest BCUT2D eigenvalue weighted by Gasteiger charge is -2.09. The standard InChI is InChI=1S/C17H15FO3/c1-10-9-14(17(21)11(2)16(10)20)15(19)8-5-12-3-6-13(18)7-4-12/h3-9,20-21H,1-2H3/b8-5+. The first-order valence-electron chi connectivity index (χ1n) is 6.40. The molecule has 3 nitrogen and oxygen atoms in total. The Kier molecular flexibility index (Phi) is 4.08. The van der Waals surface area contributed by atoms with E-state index in [0.717, 1.165) is 0 Å². The number of phenols is 2. The van der Waals surface area contributed by atoms with Crippen molar-refractivity contribution in [3.63, 3.8) is 0 Å². The zero-order valence-corrected chi connectivity index (χ0v) is 11.7. The van der Waals surface area contributed by atoms with E-state index in [2.05, 4.69) is 0 Å². The number of aromatic hydroxyl groups is 2. The summed E-state index contributed by atoms with van der Waals surface area (Å²) in [7, 11) is 0. The van der Waals surface area contributed by atoms with Crippen LogP contribution in [-0.2, 0) is 0 Å². The van der Waals surface area contributed by atoms with E-state index < -0.39 is 0 Å². The molecule has 0 amide bonds. The van der Waals surface area contributed by atoms with E-state index in [1.807, 2.05) is 0 Å². The average molecular weight is 286 g/mol. The summed E-state index contributed by atoms with van der Waals surface area (Å²) in [5, 5.41) is 19.6. The fourth-order valence-electron chi connectivity index (χ4n) is 1.99. The second-order valence-electron chi connectivity index (χ2n) is 4.81. The van der Waals surface area contributed by atoms with Crippen LogP contribution in [0.15, 0.2) is 36.4 Å². The Morgan fingerprint density at radius 2 is 1.71 bits per heavy atom. The molecule has 0 aliphatic carbocycles. The predicted molar refractivity (Wildman–Crippen MR) is 79.0 cm³/mol. The number of halogens is 1. The van der Waals surface area contributed by atoms with Crippen LogP contribution in [0.2, 0.25) is 0 Å². The molecule has 2 N–H and O–H groups in total. The van der Waals surface area contributed by atoms with Crippen LogP contribution >= 0.6 is 0 Å². The number of aryl methyl sites for hydroxylation is 1. The number of hydrogen-bond acceptors (Lipinski definition) is 3. The topological polar surface area (TPSA) is 57.5 Å². The molecule has 2 aromatic rings. The van der Waals surface area contributed by atoms with Gasteiger partial charge in [-0.05, 0) is 49.2 Å². The monoisotopic (exact) mass is 286 g/mol. The molecule has 0 heterocycles. The smallest absolute Gasteiger partial charge is 0.189 e. The average Bonchev–Trinajstić information content (AvgIpc) is 2.48. The normalized spacial score (nSPS) is 11.0. The van der Waals surface area contributed by atoms with Crippen molar-refractivity contribution in [3.8, 4) is 11.5 Å². The third-order valence-corrected chi connectivity index (χ3v) is 3.26. The van der Waals surface area contributed by atoms with Gasteiger partial charge in [-0.3, -0.25) is 4.79 Å². The lowest BCUT2D eigenvalue weighted by atomic mass is 10.0. The van der Waals surface area contributed by atoms with E-state index in [-0.39, 0.29) is 34.2 Å². The molecule has 0 spiro atoms. The number of ketones is 1. The molecule has 0 atom stereocenters. The van der Waals surface area contributed by atoms with Gasteiger partial charge in [-0.25, -0.2) is 4.39 Å². The molecule has 108 valence electrons. The van der Waals surface area contributed by atoms with E-state index >= 15 is 0 Å². The van der Waals surface area contributed by atoms with Crippen LogP contribution in [0.25, 0.3) is 6.08 Å². The van der Waals surface area contributed by atoms with Gasteiger partial charge in [0.25, 0.3) is 0 Å². The number of hydrogen-bond donors (Lipinski definition) is 2. The zero-order valence-electron chi connectivity index (χ0n) is 11.7. The van der Waals surface area contributed by atoms with Gasteiger partial charge in [-0.2, -0.15) is 0 Å². The Bertz CT molecular complexity index is 716. The maximum Gasteiger partial charge on any atom is 0.189 e. The van der Waals surface area contributed by atoms with E-state index in [1.54, 1.807) is 25.1 Å². The highest BCUT2D eigenvalue weighted by Crippen LogP contribution is 2.33. The fourth-order valence-corrected chi connectivity index (χ4v) is 1.99. The minimum atomic E-state index is -0.386. The van der Waals surface area contributed by atoms with Crippen molar-refractivity contribution >= 4 is 11.9 Å². The second kappa shape index (κ2) is 5.79. The van der Waals surface area contributed by atoms with Crippen molar-refractivity contribution in [2.75, 3.05) is 0 Å². The van der Waals surface area contributed by atoms with Gasteiger partial charge in [0.2, 0.25) is 0 Å². The molecular formula is C17H15FO3. The summed E-state index contributed by atoms with van der Waals surface area (Å²) in [4.78, 5) is 12.1. The molecule has 0 saturated carbocycles. The predicted octanol–water partition coefficient (Wildman–Crippen LogP) is 3.75. The quantitative estimate of drug-likeness (QED) is 0.667. The SMILES string of the molecule is Cc1cc(C(=O)/C=C/c2ccc(F)cc2)c(O)c(C)c1O. The van der Waals surface area contributed by atoms with Crippen molar-refractivity contribution in [2.24, 2.45) is 0 Å². The molecule has 0 fully saturated rings. The van der Waals surface area contributed by atoms with E-state index in [0.29, 0.717) is 11.1 Å². The molecule has 0 unspecified atom stereocenters. The molecule has 2 rings (SSSR count). The van der Waals surface area contributed by atoms with Crippen LogP contribution in [0.5, 0.6) is 11.5 Å². The van der Waals surface area contributed by atoms with Gasteiger partial charge in [0.1, 0.15) is 17.3 Å². The number of phenolic OH excluding ortho intramolecular Hbond substituents is 2. The Labute approximate surface area is 122 Å². The van der Waals surface area contributed by atoms with Crippen LogP contribution in [0.4, 0.5) is 4.39 Å². The number of allylic oxidation sites excluding steroid dienone is 1. The highest BCUT2D eigenvalue weighted by atomic mass is 19.1. The number of benzene rings is 2. The van der Waals surface area contributed by atoms with Gasteiger partial charge in [0.05, 0.1) is 5.56 Å². The maximum absolute atomic E-state index is 12.8. The minimum absolute atomic E-state index is 0.0217.